The molecular weight excluding hydrogens is 230 g/mol. The lowest BCUT2D eigenvalue weighted by molar-refractivity contribution is -0.136. The molecule has 1 saturated carbocycles. The van der Waals surface area contributed by atoms with E-state index in [2.05, 4.69) is 15.5 Å². The van der Waals surface area contributed by atoms with Gasteiger partial charge in [-0.1, -0.05) is 0 Å². The Bertz CT molecular complexity index is 326. The smallest absolute Gasteiger partial charge is 0.246 e. The minimum Gasteiger partial charge on any atom is -0.363 e. The quantitative estimate of drug-likeness (QED) is 0.707. The zero-order chi connectivity index (χ0) is 12.6. The average Bonchev–Trinajstić information content (AvgIpc) is 3.06. The van der Waals surface area contributed by atoms with Gasteiger partial charge in [0, 0.05) is 38.3 Å². The number of likely N-dealkylation sites (tertiary alicyclic amines) is 1. The number of carbonyl (C=O) groups is 1. The molecule has 102 valence electrons. The van der Waals surface area contributed by atoms with Crippen LogP contribution < -0.4 is 10.6 Å². The van der Waals surface area contributed by atoms with Gasteiger partial charge in [0.05, 0.1) is 5.60 Å². The van der Waals surface area contributed by atoms with Crippen LogP contribution in [-0.4, -0.2) is 61.3 Å². The molecule has 3 aliphatic rings. The summed E-state index contributed by atoms with van der Waals surface area (Å²) in [4.78, 5) is 14.3. The molecule has 2 saturated heterocycles. The number of rotatable bonds is 5. The molecule has 5 nitrogen and oxygen atoms in total. The predicted molar refractivity (Wildman–Crippen MR) is 68.4 cm³/mol. The number of carbonyl (C=O) groups excluding carboxylic acids is 1. The average molecular weight is 253 g/mol. The molecule has 2 heterocycles. The minimum atomic E-state index is -0.132. The van der Waals surface area contributed by atoms with Gasteiger partial charge < -0.3 is 15.4 Å². The van der Waals surface area contributed by atoms with E-state index in [9.17, 15) is 4.79 Å². The van der Waals surface area contributed by atoms with E-state index in [1.165, 1.54) is 12.8 Å². The van der Waals surface area contributed by atoms with E-state index in [1.807, 2.05) is 6.92 Å². The maximum atomic E-state index is 11.8. The number of amides is 1. The van der Waals surface area contributed by atoms with Crippen molar-refractivity contribution in [3.63, 3.8) is 0 Å². The van der Waals surface area contributed by atoms with Crippen LogP contribution in [0.2, 0.25) is 0 Å². The van der Waals surface area contributed by atoms with E-state index in [0.29, 0.717) is 6.04 Å². The molecule has 18 heavy (non-hydrogen) atoms. The van der Waals surface area contributed by atoms with Crippen molar-refractivity contribution in [1.82, 2.24) is 15.5 Å². The van der Waals surface area contributed by atoms with Gasteiger partial charge >= 0.3 is 0 Å². The van der Waals surface area contributed by atoms with Crippen LogP contribution in [-0.2, 0) is 9.53 Å². The van der Waals surface area contributed by atoms with Gasteiger partial charge in [-0.05, 0) is 26.2 Å². The van der Waals surface area contributed by atoms with Crippen molar-refractivity contribution in [3.05, 3.63) is 0 Å². The van der Waals surface area contributed by atoms with Crippen molar-refractivity contribution in [3.8, 4) is 0 Å². The summed E-state index contributed by atoms with van der Waals surface area (Å²) in [5.41, 5.74) is -0.132. The third-order valence-electron chi connectivity index (χ3n) is 4.20. The zero-order valence-electron chi connectivity index (χ0n) is 11.1. The van der Waals surface area contributed by atoms with Gasteiger partial charge in [-0.15, -0.1) is 0 Å². The van der Waals surface area contributed by atoms with Gasteiger partial charge in [0.15, 0.2) is 0 Å². The Morgan fingerprint density at radius 3 is 2.83 bits per heavy atom. The summed E-state index contributed by atoms with van der Waals surface area (Å²) in [5.74, 6) is 0.0331. The molecule has 1 aliphatic carbocycles. The summed E-state index contributed by atoms with van der Waals surface area (Å²) in [6, 6.07) is 1.14. The lowest BCUT2D eigenvalue weighted by Crippen LogP contribution is -2.59. The fourth-order valence-electron chi connectivity index (χ4n) is 2.76. The molecule has 0 bridgehead atoms. The van der Waals surface area contributed by atoms with Gasteiger partial charge in [-0.25, -0.2) is 0 Å². The number of ether oxygens (including phenoxy) is 1. The van der Waals surface area contributed by atoms with E-state index >= 15 is 0 Å². The van der Waals surface area contributed by atoms with Gasteiger partial charge in [0.1, 0.15) is 6.61 Å². The second kappa shape index (κ2) is 4.79. The van der Waals surface area contributed by atoms with E-state index in [1.54, 1.807) is 0 Å². The second-order valence-corrected chi connectivity index (χ2v) is 6.12. The third-order valence-corrected chi connectivity index (χ3v) is 4.20. The van der Waals surface area contributed by atoms with Crippen molar-refractivity contribution >= 4 is 5.91 Å². The molecule has 5 heteroatoms. The highest BCUT2D eigenvalue weighted by Crippen LogP contribution is 2.29. The van der Waals surface area contributed by atoms with E-state index in [0.717, 1.165) is 38.6 Å². The monoisotopic (exact) mass is 253 g/mol. The van der Waals surface area contributed by atoms with Gasteiger partial charge in [0.2, 0.25) is 5.91 Å². The highest BCUT2D eigenvalue weighted by atomic mass is 16.5. The largest absolute Gasteiger partial charge is 0.363 e. The van der Waals surface area contributed by atoms with Crippen molar-refractivity contribution in [2.75, 3.05) is 32.8 Å². The summed E-state index contributed by atoms with van der Waals surface area (Å²) >= 11 is 0. The Hall–Kier alpha value is -0.650. The van der Waals surface area contributed by atoms with E-state index < -0.39 is 0 Å². The van der Waals surface area contributed by atoms with Gasteiger partial charge in [0.25, 0.3) is 0 Å². The Kier molecular flexibility index (Phi) is 3.30. The predicted octanol–water partition coefficient (Wildman–Crippen LogP) is -0.282. The van der Waals surface area contributed by atoms with Crippen LogP contribution >= 0.6 is 0 Å². The molecule has 1 unspecified atom stereocenters. The summed E-state index contributed by atoms with van der Waals surface area (Å²) in [6.07, 6.45) is 3.77. The zero-order valence-corrected chi connectivity index (χ0v) is 11.1. The van der Waals surface area contributed by atoms with Crippen LogP contribution in [0.5, 0.6) is 0 Å². The van der Waals surface area contributed by atoms with Crippen molar-refractivity contribution in [2.45, 2.75) is 43.9 Å². The molecule has 1 amide bonds. The molecule has 2 N–H and O–H groups in total. The van der Waals surface area contributed by atoms with Gasteiger partial charge in [-0.2, -0.15) is 0 Å². The van der Waals surface area contributed by atoms with E-state index in [-0.39, 0.29) is 18.1 Å². The Labute approximate surface area is 108 Å². The third kappa shape index (κ3) is 2.84. The molecule has 0 aromatic heterocycles. The van der Waals surface area contributed by atoms with Crippen LogP contribution in [0.1, 0.15) is 26.2 Å². The molecule has 2 aliphatic heterocycles. The second-order valence-electron chi connectivity index (χ2n) is 6.12. The molecule has 0 spiro atoms. The summed E-state index contributed by atoms with van der Waals surface area (Å²) in [6.45, 7) is 6.09. The molecule has 0 radical (unpaired) electrons. The lowest BCUT2D eigenvalue weighted by Gasteiger charge is -2.38. The fraction of sp³-hybridized carbons (Fsp3) is 0.923. The van der Waals surface area contributed by atoms with Crippen molar-refractivity contribution in [2.24, 2.45) is 0 Å². The van der Waals surface area contributed by atoms with Gasteiger partial charge in [-0.3, -0.25) is 9.69 Å². The number of hydrogen-bond donors (Lipinski definition) is 2. The Balaban J connectivity index is 1.36. The first-order valence-electron chi connectivity index (χ1n) is 7.03. The van der Waals surface area contributed by atoms with Crippen LogP contribution in [0.4, 0.5) is 0 Å². The maximum absolute atomic E-state index is 11.8. The first-order valence-corrected chi connectivity index (χ1v) is 7.03. The summed E-state index contributed by atoms with van der Waals surface area (Å²) in [5, 5.41) is 6.25. The Morgan fingerprint density at radius 2 is 2.22 bits per heavy atom. The van der Waals surface area contributed by atoms with Crippen molar-refractivity contribution in [1.29, 1.82) is 0 Å². The fourth-order valence-corrected chi connectivity index (χ4v) is 2.76. The maximum Gasteiger partial charge on any atom is 0.246 e. The highest BCUT2D eigenvalue weighted by molar-refractivity contribution is 5.77. The number of hydrogen-bond acceptors (Lipinski definition) is 4. The van der Waals surface area contributed by atoms with Crippen LogP contribution in [0.3, 0.4) is 0 Å². The highest BCUT2D eigenvalue weighted by Gasteiger charge is 2.36. The molecule has 1 atom stereocenters. The van der Waals surface area contributed by atoms with Crippen LogP contribution in [0.25, 0.3) is 0 Å². The Morgan fingerprint density at radius 1 is 1.44 bits per heavy atom. The van der Waals surface area contributed by atoms with Crippen LogP contribution in [0.15, 0.2) is 0 Å². The first-order chi connectivity index (χ1) is 8.65. The van der Waals surface area contributed by atoms with E-state index in [4.69, 9.17) is 4.74 Å². The molecular formula is C13H23N3O2. The van der Waals surface area contributed by atoms with Crippen LogP contribution in [0, 0.1) is 0 Å². The number of nitrogens with zero attached hydrogens (tertiary/aromatic N) is 1. The molecule has 0 aromatic rings. The summed E-state index contributed by atoms with van der Waals surface area (Å²) in [7, 11) is 0. The molecule has 3 rings (SSSR count). The molecule has 0 aromatic carbocycles. The van der Waals surface area contributed by atoms with Crippen molar-refractivity contribution < 1.29 is 9.53 Å². The SMILES string of the molecule is CC1(OCC(=O)NC2CCN(C3CC3)C2)CNC1. The number of nitrogens with one attached hydrogen (secondary N) is 2. The summed E-state index contributed by atoms with van der Waals surface area (Å²) < 4.78 is 5.64. The lowest BCUT2D eigenvalue weighted by atomic mass is 10.0. The standard InChI is InChI=1S/C13H23N3O2/c1-13(8-14-9-13)18-7-12(17)15-10-4-5-16(6-10)11-2-3-11/h10-11,14H,2-9H2,1H3,(H,15,17). The first kappa shape index (κ1) is 12.4. The molecule has 3 fully saturated rings. The topological polar surface area (TPSA) is 53.6 Å². The minimum absolute atomic E-state index is 0.0331. The normalized spacial score (nSPS) is 31.1.